The van der Waals surface area contributed by atoms with E-state index in [0.29, 0.717) is 47.2 Å². The maximum Gasteiger partial charge on any atom is 0.290 e. The molecule has 9 heteroatoms. The number of hydrogen-bond donors (Lipinski definition) is 1. The first-order chi connectivity index (χ1) is 18.2. The van der Waals surface area contributed by atoms with Crippen molar-refractivity contribution in [2.45, 2.75) is 32.9 Å². The Hall–Kier alpha value is -3.69. The van der Waals surface area contributed by atoms with Crippen molar-refractivity contribution < 1.29 is 24.2 Å². The highest BCUT2D eigenvalue weighted by Gasteiger charge is 2.44. The zero-order valence-electron chi connectivity index (χ0n) is 22.4. The first kappa shape index (κ1) is 27.3. The van der Waals surface area contributed by atoms with Gasteiger partial charge in [-0.05, 0) is 64.2 Å². The van der Waals surface area contributed by atoms with Crippen LogP contribution in [0.4, 0.5) is 0 Å². The number of aliphatic hydroxyl groups excluding tert-OH is 1. The number of thiazole rings is 1. The fourth-order valence-electron chi connectivity index (χ4n) is 4.59. The maximum absolute atomic E-state index is 13.7. The number of ketones is 1. The smallest absolute Gasteiger partial charge is 0.290 e. The lowest BCUT2D eigenvalue weighted by Crippen LogP contribution is -2.33. The van der Waals surface area contributed by atoms with Gasteiger partial charge in [-0.15, -0.1) is 11.3 Å². The number of aryl methyl sites for hydroxylation is 2. The summed E-state index contributed by atoms with van der Waals surface area (Å²) < 4.78 is 11.6. The number of carbonyl (C=O) groups is 2. The van der Waals surface area contributed by atoms with Crippen LogP contribution in [0.1, 0.15) is 44.0 Å². The normalized spacial score (nSPS) is 15.5. The van der Waals surface area contributed by atoms with Gasteiger partial charge < -0.3 is 24.4 Å². The number of benzene rings is 2. The van der Waals surface area contributed by atoms with Crippen molar-refractivity contribution in [1.29, 1.82) is 0 Å². The highest BCUT2D eigenvalue weighted by molar-refractivity contribution is 7.14. The molecule has 0 spiro atoms. The van der Waals surface area contributed by atoms with Gasteiger partial charge in [0.1, 0.15) is 6.61 Å². The van der Waals surface area contributed by atoms with Crippen molar-refractivity contribution in [3.8, 4) is 11.5 Å². The van der Waals surface area contributed by atoms with Crippen LogP contribution in [0.5, 0.6) is 11.5 Å². The van der Waals surface area contributed by atoms with E-state index in [4.69, 9.17) is 9.47 Å². The molecule has 0 aliphatic carbocycles. The second-order valence-electron chi connectivity index (χ2n) is 9.48. The number of ether oxygens (including phenoxy) is 2. The lowest BCUT2D eigenvalue weighted by molar-refractivity contribution is -0.129. The van der Waals surface area contributed by atoms with Crippen LogP contribution in [0.25, 0.3) is 0 Å². The van der Waals surface area contributed by atoms with Crippen LogP contribution in [0, 0.1) is 13.8 Å². The van der Waals surface area contributed by atoms with Gasteiger partial charge in [-0.1, -0.05) is 36.4 Å². The van der Waals surface area contributed by atoms with Gasteiger partial charge in [-0.3, -0.25) is 9.59 Å². The zero-order chi connectivity index (χ0) is 27.4. The number of hydrogen-bond acceptors (Lipinski definition) is 8. The Morgan fingerprint density at radius 1 is 1.13 bits per heavy atom. The highest BCUT2D eigenvalue weighted by atomic mass is 32.1. The molecule has 2 aromatic carbocycles. The van der Waals surface area contributed by atoms with Crippen molar-refractivity contribution in [1.82, 2.24) is 14.8 Å². The summed E-state index contributed by atoms with van der Waals surface area (Å²) in [6, 6.07) is 14.4. The van der Waals surface area contributed by atoms with Crippen LogP contribution in [-0.2, 0) is 11.4 Å². The summed E-state index contributed by atoms with van der Waals surface area (Å²) in [5.74, 6) is -0.443. The number of carbonyl (C=O) groups excluding carboxylic acids is 2. The first-order valence-corrected chi connectivity index (χ1v) is 13.2. The summed E-state index contributed by atoms with van der Waals surface area (Å²) in [6.07, 6.45) is 0.679. The van der Waals surface area contributed by atoms with E-state index in [-0.39, 0.29) is 11.4 Å². The van der Waals surface area contributed by atoms with Crippen molar-refractivity contribution in [3.63, 3.8) is 0 Å². The fourth-order valence-corrected chi connectivity index (χ4v) is 5.47. The van der Waals surface area contributed by atoms with Crippen LogP contribution in [-0.4, -0.2) is 65.9 Å². The van der Waals surface area contributed by atoms with Crippen molar-refractivity contribution >= 4 is 23.0 Å². The number of aliphatic hydroxyl groups is 1. The molecule has 0 radical (unpaired) electrons. The van der Waals surface area contributed by atoms with Gasteiger partial charge in [0.25, 0.3) is 5.91 Å². The summed E-state index contributed by atoms with van der Waals surface area (Å²) in [4.78, 5) is 35.4. The van der Waals surface area contributed by atoms with Gasteiger partial charge >= 0.3 is 0 Å². The van der Waals surface area contributed by atoms with Crippen molar-refractivity contribution in [3.05, 3.63) is 86.6 Å². The fraction of sp³-hybridized carbons (Fsp3) is 0.345. The third-order valence-electron chi connectivity index (χ3n) is 6.40. The maximum atomic E-state index is 13.7. The minimum Gasteiger partial charge on any atom is -0.503 e. The highest BCUT2D eigenvalue weighted by Crippen LogP contribution is 2.42. The number of aromatic nitrogens is 1. The van der Waals surface area contributed by atoms with E-state index in [9.17, 15) is 14.7 Å². The molecule has 8 nitrogen and oxygen atoms in total. The Morgan fingerprint density at radius 3 is 2.50 bits per heavy atom. The SMILES string of the molecule is COc1cc(C2C(C(=O)c3sc(C)nc3C)=C(O)C(=O)N2CCCN(C)C)ccc1OCc1ccccc1. The molecule has 2 heterocycles. The summed E-state index contributed by atoms with van der Waals surface area (Å²) in [6.45, 7) is 5.08. The van der Waals surface area contributed by atoms with Gasteiger partial charge in [0.2, 0.25) is 5.78 Å². The van der Waals surface area contributed by atoms with Gasteiger partial charge in [-0.2, -0.15) is 0 Å². The van der Waals surface area contributed by atoms with Crippen LogP contribution in [0.15, 0.2) is 59.9 Å². The third-order valence-corrected chi connectivity index (χ3v) is 7.47. The van der Waals surface area contributed by atoms with Gasteiger partial charge in [0.05, 0.1) is 34.3 Å². The Kier molecular flexibility index (Phi) is 8.48. The van der Waals surface area contributed by atoms with Crippen molar-refractivity contribution in [2.24, 2.45) is 0 Å². The minimum atomic E-state index is -0.768. The number of nitrogens with zero attached hydrogens (tertiary/aromatic N) is 3. The van der Waals surface area contributed by atoms with Gasteiger partial charge in [-0.25, -0.2) is 4.98 Å². The van der Waals surface area contributed by atoms with Crippen LogP contribution >= 0.6 is 11.3 Å². The Balaban J connectivity index is 1.71. The standard InChI is InChI=1S/C29H33N3O5S/c1-18-28(38-19(2)30-18)26(33)24-25(32(29(35)27(24)34)15-9-14-31(3)4)21-12-13-22(23(16-21)36-5)37-17-20-10-7-6-8-11-20/h6-8,10-13,16,25,34H,9,14-15,17H2,1-5H3. The number of amides is 1. The van der Waals surface area contributed by atoms with E-state index in [1.165, 1.54) is 11.3 Å². The molecular weight excluding hydrogens is 502 g/mol. The molecule has 1 N–H and O–H groups in total. The third kappa shape index (κ3) is 5.74. The van der Waals surface area contributed by atoms with Gasteiger partial charge in [0.15, 0.2) is 17.3 Å². The average molecular weight is 536 g/mol. The number of methoxy groups -OCH3 is 1. The molecule has 1 atom stereocenters. The second kappa shape index (κ2) is 11.8. The van der Waals surface area contributed by atoms with Gasteiger partial charge in [0, 0.05) is 6.54 Å². The Labute approximate surface area is 227 Å². The molecular formula is C29H33N3O5S. The number of rotatable bonds is 11. The van der Waals surface area contributed by atoms with E-state index in [1.807, 2.05) is 62.3 Å². The largest absolute Gasteiger partial charge is 0.503 e. The summed E-state index contributed by atoms with van der Waals surface area (Å²) in [5.41, 5.74) is 2.31. The molecule has 0 saturated heterocycles. The molecule has 38 heavy (non-hydrogen) atoms. The molecule has 3 aromatic rings. The monoisotopic (exact) mass is 535 g/mol. The first-order valence-electron chi connectivity index (χ1n) is 12.4. The summed E-state index contributed by atoms with van der Waals surface area (Å²) in [5, 5.41) is 11.7. The second-order valence-corrected chi connectivity index (χ2v) is 10.7. The van der Waals surface area contributed by atoms with E-state index in [0.717, 1.165) is 17.1 Å². The molecule has 0 fully saturated rings. The summed E-state index contributed by atoms with van der Waals surface area (Å²) >= 11 is 1.26. The van der Waals surface area contributed by atoms with Crippen LogP contribution in [0.3, 0.4) is 0 Å². The lowest BCUT2D eigenvalue weighted by Gasteiger charge is -2.28. The minimum absolute atomic E-state index is 0.0617. The van der Waals surface area contributed by atoms with Crippen molar-refractivity contribution in [2.75, 3.05) is 34.3 Å². The Bertz CT molecular complexity index is 1350. The van der Waals surface area contributed by atoms with Crippen LogP contribution < -0.4 is 9.47 Å². The summed E-state index contributed by atoms with van der Waals surface area (Å²) in [7, 11) is 5.47. The molecule has 0 saturated carbocycles. The van der Waals surface area contributed by atoms with Crippen LogP contribution in [0.2, 0.25) is 0 Å². The van der Waals surface area contributed by atoms with E-state index in [1.54, 1.807) is 31.1 Å². The quantitative estimate of drug-likeness (QED) is 0.350. The topological polar surface area (TPSA) is 92.2 Å². The molecule has 0 bridgehead atoms. The molecule has 200 valence electrons. The molecule has 1 aromatic heterocycles. The predicted octanol–water partition coefficient (Wildman–Crippen LogP) is 4.88. The molecule has 1 amide bonds. The zero-order valence-corrected chi connectivity index (χ0v) is 23.2. The number of Topliss-reactive ketones (excluding diaryl/α,β-unsaturated/α-hetero) is 1. The molecule has 1 aliphatic rings. The molecule has 4 rings (SSSR count). The molecule has 1 aliphatic heterocycles. The predicted molar refractivity (Wildman–Crippen MR) is 147 cm³/mol. The van der Waals surface area contributed by atoms with E-state index in [2.05, 4.69) is 4.98 Å². The lowest BCUT2D eigenvalue weighted by atomic mass is 9.94. The Morgan fingerprint density at radius 2 is 1.87 bits per heavy atom. The van der Waals surface area contributed by atoms with E-state index >= 15 is 0 Å². The average Bonchev–Trinajstić information content (AvgIpc) is 3.37. The van der Waals surface area contributed by atoms with E-state index < -0.39 is 17.7 Å². The molecule has 1 unspecified atom stereocenters.